The fourth-order valence-corrected chi connectivity index (χ4v) is 3.89. The summed E-state index contributed by atoms with van der Waals surface area (Å²) in [6.45, 7) is 25.4. The van der Waals surface area contributed by atoms with Gasteiger partial charge in [0.15, 0.2) is 0 Å². The van der Waals surface area contributed by atoms with Crippen molar-refractivity contribution in [1.29, 1.82) is 0 Å². The lowest BCUT2D eigenvalue weighted by molar-refractivity contribution is -0.119. The van der Waals surface area contributed by atoms with Gasteiger partial charge >= 0.3 is 0 Å². The molecule has 0 saturated heterocycles. The molecule has 45 heavy (non-hydrogen) atoms. The summed E-state index contributed by atoms with van der Waals surface area (Å²) in [6, 6.07) is -0.0151. The lowest BCUT2D eigenvalue weighted by atomic mass is 9.88. The van der Waals surface area contributed by atoms with E-state index in [1.165, 1.54) is 0 Å². The normalized spacial score (nSPS) is 19.7. The summed E-state index contributed by atoms with van der Waals surface area (Å²) in [5.74, 6) is 0. The Labute approximate surface area is 274 Å². The Morgan fingerprint density at radius 3 is 0.822 bits per heavy atom. The van der Waals surface area contributed by atoms with Gasteiger partial charge < -0.3 is 59.8 Å². The van der Waals surface area contributed by atoms with E-state index in [1.54, 1.807) is 0 Å². The lowest BCUT2D eigenvalue weighted by Gasteiger charge is -2.33. The van der Waals surface area contributed by atoms with Crippen LogP contribution in [0.3, 0.4) is 0 Å². The van der Waals surface area contributed by atoms with Crippen LogP contribution >= 0.6 is 0 Å². The summed E-state index contributed by atoms with van der Waals surface area (Å²) in [6.07, 6.45) is 0.398. The van der Waals surface area contributed by atoms with Crippen LogP contribution in [0.15, 0.2) is 0 Å². The highest BCUT2D eigenvalue weighted by Gasteiger charge is 2.31. The molecule has 0 aliphatic heterocycles. The van der Waals surface area contributed by atoms with Crippen molar-refractivity contribution in [2.24, 2.45) is 22.6 Å². The maximum Gasteiger partial charge on any atom is 0.0781 e. The van der Waals surface area contributed by atoms with E-state index >= 15 is 0 Å². The molecule has 0 rings (SSSR count). The Morgan fingerprint density at radius 1 is 0.378 bits per heavy atom. The molecule has 12 heteroatoms. The summed E-state index contributed by atoms with van der Waals surface area (Å²) in [5.41, 5.74) is 17.0. The topological polar surface area (TPSA) is 161 Å². The second-order valence-electron chi connectivity index (χ2n) is 13.2. The van der Waals surface area contributed by atoms with Crippen LogP contribution in [0.2, 0.25) is 0 Å². The van der Waals surface area contributed by atoms with Gasteiger partial charge in [-0.05, 0) is 68.7 Å². The van der Waals surface area contributed by atoms with Crippen molar-refractivity contribution >= 4 is 0 Å². The van der Waals surface area contributed by atoms with Gasteiger partial charge in [-0.15, -0.1) is 0 Å². The number of ether oxygens (including phenoxy) is 9. The molecule has 6 N–H and O–H groups in total. The van der Waals surface area contributed by atoms with E-state index in [-0.39, 0.29) is 60.2 Å². The predicted octanol–water partition coefficient (Wildman–Crippen LogP) is 2.90. The van der Waals surface area contributed by atoms with Crippen LogP contribution in [0.5, 0.6) is 0 Å². The molecule has 0 aromatic rings. The van der Waals surface area contributed by atoms with Crippen LogP contribution in [0.1, 0.15) is 75.7 Å². The van der Waals surface area contributed by atoms with Crippen LogP contribution in [0.4, 0.5) is 0 Å². The standard InChI is InChI=1S/C33H71N3O9/c1-11-33(21-37-15-27(5)43-18-30(8)40-12-24(2)34,22-38-16-28(6)44-19-31(9)41-13-25(3)35)23-39-17-29(7)45-20-32(10)42-14-26(4)36/h24-32H,11-23,34-36H2,1-10H3. The third-order valence-corrected chi connectivity index (χ3v) is 6.81. The van der Waals surface area contributed by atoms with E-state index in [4.69, 9.17) is 59.8 Å². The number of nitrogens with two attached hydrogens (primary N) is 3. The third-order valence-electron chi connectivity index (χ3n) is 6.81. The average Bonchev–Trinajstić information content (AvgIpc) is 2.98. The molecule has 9 unspecified atom stereocenters. The van der Waals surface area contributed by atoms with Crippen LogP contribution < -0.4 is 17.2 Å². The molecular weight excluding hydrogens is 582 g/mol. The minimum absolute atomic E-state index is 0.00503. The molecule has 0 aliphatic rings. The highest BCUT2D eigenvalue weighted by molar-refractivity contribution is 4.78. The first-order valence-corrected chi connectivity index (χ1v) is 16.9. The largest absolute Gasteiger partial charge is 0.378 e. The van der Waals surface area contributed by atoms with Crippen molar-refractivity contribution in [3.05, 3.63) is 0 Å². The van der Waals surface area contributed by atoms with E-state index in [9.17, 15) is 0 Å². The zero-order valence-corrected chi connectivity index (χ0v) is 30.3. The van der Waals surface area contributed by atoms with Gasteiger partial charge in [-0.3, -0.25) is 0 Å². The van der Waals surface area contributed by atoms with Gasteiger partial charge in [0.25, 0.3) is 0 Å². The number of hydrogen-bond acceptors (Lipinski definition) is 12. The predicted molar refractivity (Wildman–Crippen MR) is 179 cm³/mol. The molecule has 0 spiro atoms. The summed E-state index contributed by atoms with van der Waals surface area (Å²) in [5, 5.41) is 0. The smallest absolute Gasteiger partial charge is 0.0781 e. The lowest BCUT2D eigenvalue weighted by Crippen LogP contribution is -2.39. The highest BCUT2D eigenvalue weighted by atomic mass is 16.6. The third kappa shape index (κ3) is 26.2. The molecule has 0 heterocycles. The molecule has 0 aliphatic carbocycles. The Kier molecular flexibility index (Phi) is 26.2. The second kappa shape index (κ2) is 26.5. The number of hydrogen-bond donors (Lipinski definition) is 3. The second-order valence-corrected chi connectivity index (χ2v) is 13.2. The summed E-state index contributed by atoms with van der Waals surface area (Å²) < 4.78 is 53.5. The van der Waals surface area contributed by atoms with Crippen molar-refractivity contribution in [3.63, 3.8) is 0 Å². The van der Waals surface area contributed by atoms with Crippen molar-refractivity contribution in [2.45, 2.75) is 130 Å². The first-order valence-electron chi connectivity index (χ1n) is 16.9. The van der Waals surface area contributed by atoms with Gasteiger partial charge in [0.1, 0.15) is 0 Å². The fourth-order valence-electron chi connectivity index (χ4n) is 3.89. The molecule has 0 saturated carbocycles. The van der Waals surface area contributed by atoms with Crippen LogP contribution in [0, 0.1) is 5.41 Å². The van der Waals surface area contributed by atoms with Gasteiger partial charge in [0, 0.05) is 23.5 Å². The van der Waals surface area contributed by atoms with Crippen molar-refractivity contribution in [2.75, 3.05) is 79.3 Å². The molecule has 9 atom stereocenters. The first-order chi connectivity index (χ1) is 21.2. The molecule has 0 amide bonds. The van der Waals surface area contributed by atoms with E-state index in [2.05, 4.69) is 6.92 Å². The molecule has 272 valence electrons. The maximum atomic E-state index is 6.19. The van der Waals surface area contributed by atoms with Crippen LogP contribution in [-0.4, -0.2) is 134 Å². The quantitative estimate of drug-likeness (QED) is 0.101. The van der Waals surface area contributed by atoms with E-state index in [1.807, 2.05) is 62.3 Å². The van der Waals surface area contributed by atoms with Gasteiger partial charge in [0.05, 0.1) is 116 Å². The van der Waals surface area contributed by atoms with Gasteiger partial charge in [-0.25, -0.2) is 0 Å². The summed E-state index contributed by atoms with van der Waals surface area (Å²) >= 11 is 0. The van der Waals surface area contributed by atoms with Crippen molar-refractivity contribution in [1.82, 2.24) is 0 Å². The SMILES string of the molecule is CCC(COCC(C)OCC(C)OCC(C)N)(COCC(C)OCC(C)OCC(C)N)COCC(C)OCC(C)OCC(C)N. The Morgan fingerprint density at radius 2 is 0.600 bits per heavy atom. The van der Waals surface area contributed by atoms with Crippen LogP contribution in [-0.2, 0) is 42.6 Å². The van der Waals surface area contributed by atoms with Crippen molar-refractivity contribution < 1.29 is 42.6 Å². The first kappa shape index (κ1) is 44.5. The molecule has 12 nitrogen and oxygen atoms in total. The zero-order valence-electron chi connectivity index (χ0n) is 30.3. The molecule has 0 fully saturated rings. The van der Waals surface area contributed by atoms with Gasteiger partial charge in [-0.2, -0.15) is 0 Å². The molecule has 0 aromatic carbocycles. The highest BCUT2D eigenvalue weighted by Crippen LogP contribution is 2.25. The Hall–Kier alpha value is -0.480. The maximum absolute atomic E-state index is 6.19. The fraction of sp³-hybridized carbons (Fsp3) is 1.00. The minimum atomic E-state index is -0.353. The number of rotatable bonds is 31. The van der Waals surface area contributed by atoms with Crippen molar-refractivity contribution in [3.8, 4) is 0 Å². The van der Waals surface area contributed by atoms with E-state index < -0.39 is 0 Å². The zero-order chi connectivity index (χ0) is 34.3. The summed E-state index contributed by atoms with van der Waals surface area (Å²) in [7, 11) is 0. The molecule has 0 radical (unpaired) electrons. The summed E-state index contributed by atoms with van der Waals surface area (Å²) in [4.78, 5) is 0. The average molecular weight is 654 g/mol. The Bertz CT molecular complexity index is 592. The molecular formula is C33H71N3O9. The van der Waals surface area contributed by atoms with Gasteiger partial charge in [0.2, 0.25) is 0 Å². The van der Waals surface area contributed by atoms with Gasteiger partial charge in [-0.1, -0.05) is 6.92 Å². The monoisotopic (exact) mass is 654 g/mol. The molecule has 0 aromatic heterocycles. The molecule has 0 bridgehead atoms. The van der Waals surface area contributed by atoms with E-state index in [0.717, 1.165) is 6.42 Å². The van der Waals surface area contributed by atoms with Crippen LogP contribution in [0.25, 0.3) is 0 Å². The Balaban J connectivity index is 4.90. The minimum Gasteiger partial charge on any atom is -0.378 e. The van der Waals surface area contributed by atoms with E-state index in [0.29, 0.717) is 79.3 Å².